The standard InChI is InChI=1S/C13H11F2NO/c1-8-4-2-7-11(13(8)16)17-10-6-3-5-9(14)12(10)15/h2-7H,16H2,1H3. The summed E-state index contributed by atoms with van der Waals surface area (Å²) in [6.07, 6.45) is 0. The number of ether oxygens (including phenoxy) is 1. The Morgan fingerprint density at radius 1 is 1.00 bits per heavy atom. The van der Waals surface area contributed by atoms with E-state index in [0.29, 0.717) is 11.4 Å². The maximum atomic E-state index is 13.4. The molecule has 4 heteroatoms. The smallest absolute Gasteiger partial charge is 0.201 e. The van der Waals surface area contributed by atoms with Gasteiger partial charge in [0.25, 0.3) is 0 Å². The van der Waals surface area contributed by atoms with Crippen LogP contribution in [0.25, 0.3) is 0 Å². The van der Waals surface area contributed by atoms with E-state index in [9.17, 15) is 8.78 Å². The van der Waals surface area contributed by atoms with Gasteiger partial charge in [0.1, 0.15) is 0 Å². The molecule has 0 radical (unpaired) electrons. The van der Waals surface area contributed by atoms with Crippen molar-refractivity contribution in [1.82, 2.24) is 0 Å². The van der Waals surface area contributed by atoms with Crippen molar-refractivity contribution in [3.63, 3.8) is 0 Å². The highest BCUT2D eigenvalue weighted by Crippen LogP contribution is 2.31. The van der Waals surface area contributed by atoms with E-state index < -0.39 is 11.6 Å². The van der Waals surface area contributed by atoms with E-state index >= 15 is 0 Å². The summed E-state index contributed by atoms with van der Waals surface area (Å²) in [5.74, 6) is -1.83. The van der Waals surface area contributed by atoms with E-state index in [1.54, 1.807) is 12.1 Å². The lowest BCUT2D eigenvalue weighted by atomic mass is 10.2. The first kappa shape index (κ1) is 11.4. The minimum atomic E-state index is -1.02. The quantitative estimate of drug-likeness (QED) is 0.806. The lowest BCUT2D eigenvalue weighted by Gasteiger charge is -2.10. The second kappa shape index (κ2) is 4.41. The van der Waals surface area contributed by atoms with Gasteiger partial charge >= 0.3 is 0 Å². The van der Waals surface area contributed by atoms with Crippen molar-refractivity contribution in [3.8, 4) is 11.5 Å². The van der Waals surface area contributed by atoms with Gasteiger partial charge < -0.3 is 10.5 Å². The molecule has 2 aromatic carbocycles. The molecule has 2 N–H and O–H groups in total. The normalized spacial score (nSPS) is 10.3. The zero-order valence-corrected chi connectivity index (χ0v) is 9.21. The number of benzene rings is 2. The monoisotopic (exact) mass is 235 g/mol. The predicted octanol–water partition coefficient (Wildman–Crippen LogP) is 3.65. The van der Waals surface area contributed by atoms with E-state index in [0.717, 1.165) is 11.6 Å². The van der Waals surface area contributed by atoms with E-state index in [4.69, 9.17) is 10.5 Å². The number of para-hydroxylation sites is 1. The van der Waals surface area contributed by atoms with Gasteiger partial charge in [0.15, 0.2) is 17.3 Å². The first-order valence-corrected chi connectivity index (χ1v) is 5.06. The van der Waals surface area contributed by atoms with Crippen molar-refractivity contribution in [1.29, 1.82) is 0 Å². The Balaban J connectivity index is 2.38. The summed E-state index contributed by atoms with van der Waals surface area (Å²) in [7, 11) is 0. The van der Waals surface area contributed by atoms with Crippen molar-refractivity contribution in [2.75, 3.05) is 5.73 Å². The van der Waals surface area contributed by atoms with Crippen LogP contribution in [0.4, 0.5) is 14.5 Å². The predicted molar refractivity (Wildman–Crippen MR) is 62.0 cm³/mol. The number of halogens is 2. The van der Waals surface area contributed by atoms with Gasteiger partial charge in [0.2, 0.25) is 5.82 Å². The van der Waals surface area contributed by atoms with Crippen molar-refractivity contribution in [2.45, 2.75) is 6.92 Å². The molecule has 0 aliphatic heterocycles. The van der Waals surface area contributed by atoms with Crippen LogP contribution in [-0.2, 0) is 0 Å². The van der Waals surface area contributed by atoms with Crippen LogP contribution >= 0.6 is 0 Å². The maximum Gasteiger partial charge on any atom is 0.201 e. The molecule has 2 rings (SSSR count). The van der Waals surface area contributed by atoms with Crippen molar-refractivity contribution < 1.29 is 13.5 Å². The van der Waals surface area contributed by atoms with Gasteiger partial charge in [0, 0.05) is 0 Å². The molecule has 0 aliphatic rings. The number of rotatable bonds is 2. The van der Waals surface area contributed by atoms with Gasteiger partial charge in [-0.25, -0.2) is 4.39 Å². The average molecular weight is 235 g/mol. The molecule has 0 heterocycles. The Hall–Kier alpha value is -2.10. The Morgan fingerprint density at radius 2 is 1.65 bits per heavy atom. The highest BCUT2D eigenvalue weighted by molar-refractivity contribution is 5.59. The molecular weight excluding hydrogens is 224 g/mol. The first-order valence-electron chi connectivity index (χ1n) is 5.06. The molecule has 0 fully saturated rings. The topological polar surface area (TPSA) is 35.2 Å². The summed E-state index contributed by atoms with van der Waals surface area (Å²) in [4.78, 5) is 0. The number of hydrogen-bond acceptors (Lipinski definition) is 2. The largest absolute Gasteiger partial charge is 0.452 e. The van der Waals surface area contributed by atoms with Crippen molar-refractivity contribution >= 4 is 5.69 Å². The molecule has 0 saturated heterocycles. The second-order valence-corrected chi connectivity index (χ2v) is 3.64. The van der Waals surface area contributed by atoms with Crippen LogP contribution in [0.1, 0.15) is 5.56 Å². The molecule has 0 aromatic heterocycles. The van der Waals surface area contributed by atoms with Crippen LogP contribution in [0.3, 0.4) is 0 Å². The zero-order chi connectivity index (χ0) is 12.4. The molecule has 0 atom stereocenters. The number of hydrogen-bond donors (Lipinski definition) is 1. The fourth-order valence-corrected chi connectivity index (χ4v) is 1.42. The fraction of sp³-hybridized carbons (Fsp3) is 0.0769. The van der Waals surface area contributed by atoms with Gasteiger partial charge in [-0.3, -0.25) is 0 Å². The lowest BCUT2D eigenvalue weighted by molar-refractivity contribution is 0.417. The highest BCUT2D eigenvalue weighted by Gasteiger charge is 2.11. The van der Waals surface area contributed by atoms with E-state index in [1.165, 1.54) is 12.1 Å². The van der Waals surface area contributed by atoms with E-state index in [-0.39, 0.29) is 5.75 Å². The molecule has 0 saturated carbocycles. The Bertz CT molecular complexity index is 506. The van der Waals surface area contributed by atoms with Crippen LogP contribution in [0, 0.1) is 18.6 Å². The molecule has 0 spiro atoms. The average Bonchev–Trinajstić information content (AvgIpc) is 2.31. The Morgan fingerprint density at radius 3 is 2.41 bits per heavy atom. The lowest BCUT2D eigenvalue weighted by Crippen LogP contribution is -1.97. The minimum Gasteiger partial charge on any atom is -0.452 e. The minimum absolute atomic E-state index is 0.178. The van der Waals surface area contributed by atoms with Crippen LogP contribution in [-0.4, -0.2) is 0 Å². The highest BCUT2D eigenvalue weighted by atomic mass is 19.2. The second-order valence-electron chi connectivity index (χ2n) is 3.64. The van der Waals surface area contributed by atoms with E-state index in [2.05, 4.69) is 0 Å². The number of aryl methyl sites for hydroxylation is 1. The van der Waals surface area contributed by atoms with Crippen LogP contribution in [0.5, 0.6) is 11.5 Å². The molecular formula is C13H11F2NO. The summed E-state index contributed by atoms with van der Waals surface area (Å²) < 4.78 is 31.6. The van der Waals surface area contributed by atoms with Crippen LogP contribution < -0.4 is 10.5 Å². The molecule has 0 bridgehead atoms. The number of nitrogens with two attached hydrogens (primary N) is 1. The van der Waals surface area contributed by atoms with Gasteiger partial charge in [-0.05, 0) is 30.7 Å². The summed E-state index contributed by atoms with van der Waals surface area (Å²) in [5.41, 5.74) is 7.01. The summed E-state index contributed by atoms with van der Waals surface area (Å²) in [6, 6.07) is 8.90. The molecule has 2 nitrogen and oxygen atoms in total. The third-order valence-electron chi connectivity index (χ3n) is 2.42. The first-order chi connectivity index (χ1) is 8.09. The summed E-state index contributed by atoms with van der Waals surface area (Å²) in [5, 5.41) is 0. The number of anilines is 1. The maximum absolute atomic E-state index is 13.4. The third kappa shape index (κ3) is 2.20. The zero-order valence-electron chi connectivity index (χ0n) is 9.21. The van der Waals surface area contributed by atoms with Crippen molar-refractivity contribution in [3.05, 3.63) is 53.6 Å². The molecule has 2 aromatic rings. The van der Waals surface area contributed by atoms with Crippen LogP contribution in [0.15, 0.2) is 36.4 Å². The molecule has 88 valence electrons. The van der Waals surface area contributed by atoms with Crippen LogP contribution in [0.2, 0.25) is 0 Å². The molecule has 0 amide bonds. The van der Waals surface area contributed by atoms with Gasteiger partial charge in [-0.15, -0.1) is 0 Å². The van der Waals surface area contributed by atoms with Gasteiger partial charge in [-0.2, -0.15) is 4.39 Å². The van der Waals surface area contributed by atoms with Crippen molar-refractivity contribution in [2.24, 2.45) is 0 Å². The Labute approximate surface area is 97.6 Å². The number of nitrogen functional groups attached to an aromatic ring is 1. The fourth-order valence-electron chi connectivity index (χ4n) is 1.42. The Kier molecular flexibility index (Phi) is 2.95. The van der Waals surface area contributed by atoms with E-state index in [1.807, 2.05) is 13.0 Å². The molecule has 0 unspecified atom stereocenters. The SMILES string of the molecule is Cc1cccc(Oc2cccc(F)c2F)c1N. The molecule has 0 aliphatic carbocycles. The third-order valence-corrected chi connectivity index (χ3v) is 2.42. The summed E-state index contributed by atoms with van der Waals surface area (Å²) in [6.45, 7) is 1.81. The van der Waals surface area contributed by atoms with Gasteiger partial charge in [-0.1, -0.05) is 18.2 Å². The molecule has 17 heavy (non-hydrogen) atoms. The van der Waals surface area contributed by atoms with Gasteiger partial charge in [0.05, 0.1) is 5.69 Å². The summed E-state index contributed by atoms with van der Waals surface area (Å²) >= 11 is 0.